The Morgan fingerprint density at radius 1 is 1.18 bits per heavy atom. The molecule has 5 rings (SSSR count). The minimum absolute atomic E-state index is 0.00165. The lowest BCUT2D eigenvalue weighted by Crippen LogP contribution is -2.54. The van der Waals surface area contributed by atoms with E-state index in [0.717, 1.165) is 43.4 Å². The van der Waals surface area contributed by atoms with Crippen molar-refractivity contribution in [2.24, 2.45) is 11.8 Å². The first-order chi connectivity index (χ1) is 15.8. The molecular weight excluding hydrogens is 418 g/mol. The van der Waals surface area contributed by atoms with Crippen LogP contribution in [0, 0.1) is 23.2 Å². The summed E-state index contributed by atoms with van der Waals surface area (Å²) in [4.78, 5) is 12.9. The normalized spacial score (nSPS) is 38.4. The quantitative estimate of drug-likeness (QED) is 0.645. The molecule has 1 aromatic rings. The molecule has 1 saturated carbocycles. The Labute approximate surface area is 196 Å². The van der Waals surface area contributed by atoms with Gasteiger partial charge in [0.05, 0.1) is 24.5 Å². The maximum atomic E-state index is 12.9. The molecule has 3 saturated heterocycles. The van der Waals surface area contributed by atoms with Crippen LogP contribution in [0.1, 0.15) is 58.4 Å². The molecule has 1 aliphatic carbocycles. The summed E-state index contributed by atoms with van der Waals surface area (Å²) >= 11 is 0. The van der Waals surface area contributed by atoms with E-state index < -0.39 is 11.4 Å². The first-order valence-corrected chi connectivity index (χ1v) is 12.2. The molecule has 6 atom stereocenters. The highest BCUT2D eigenvalue weighted by Crippen LogP contribution is 2.40. The lowest BCUT2D eigenvalue weighted by Gasteiger charge is -2.39. The van der Waals surface area contributed by atoms with Gasteiger partial charge in [0.2, 0.25) is 5.91 Å². The molecule has 178 valence electrons. The summed E-state index contributed by atoms with van der Waals surface area (Å²) in [6.45, 7) is 7.07. The Bertz CT molecular complexity index is 946. The minimum Gasteiger partial charge on any atom is -0.368 e. The predicted molar refractivity (Wildman–Crippen MR) is 124 cm³/mol. The fourth-order valence-corrected chi connectivity index (χ4v) is 6.07. The largest absolute Gasteiger partial charge is 0.368 e. The highest BCUT2D eigenvalue weighted by atomic mass is 16.8. The lowest BCUT2D eigenvalue weighted by molar-refractivity contribution is -0.159. The van der Waals surface area contributed by atoms with Gasteiger partial charge in [-0.15, -0.1) is 0 Å². The van der Waals surface area contributed by atoms with Crippen LogP contribution in [0.15, 0.2) is 24.3 Å². The Morgan fingerprint density at radius 3 is 2.76 bits per heavy atom. The SMILES string of the molecule is CC1(C)OCC(C)(c2cccc(NC3NN([C@H]4CCCC[C@@H]4C#N)C4CCNC(=O)C34)c2)O1. The molecule has 3 heterocycles. The average molecular weight is 454 g/mol. The summed E-state index contributed by atoms with van der Waals surface area (Å²) in [5.41, 5.74) is 5.05. The highest BCUT2D eigenvalue weighted by Gasteiger charge is 2.51. The van der Waals surface area contributed by atoms with Crippen molar-refractivity contribution in [2.75, 3.05) is 18.5 Å². The van der Waals surface area contributed by atoms with Crippen LogP contribution < -0.4 is 16.1 Å². The van der Waals surface area contributed by atoms with Crippen LogP contribution in [-0.2, 0) is 19.9 Å². The van der Waals surface area contributed by atoms with E-state index in [0.29, 0.717) is 13.2 Å². The molecule has 0 radical (unpaired) electrons. The second-order valence-corrected chi connectivity index (χ2v) is 10.5. The summed E-state index contributed by atoms with van der Waals surface area (Å²) in [5.74, 6) is -0.761. The molecule has 3 aliphatic heterocycles. The van der Waals surface area contributed by atoms with Crippen LogP contribution in [0.4, 0.5) is 5.69 Å². The summed E-state index contributed by atoms with van der Waals surface area (Å²) in [6.07, 6.45) is 4.80. The summed E-state index contributed by atoms with van der Waals surface area (Å²) in [5, 5.41) is 18.6. The van der Waals surface area contributed by atoms with Crippen LogP contribution in [-0.4, -0.2) is 48.1 Å². The van der Waals surface area contributed by atoms with Crippen molar-refractivity contribution in [1.82, 2.24) is 15.8 Å². The molecule has 1 amide bonds. The Morgan fingerprint density at radius 2 is 2.00 bits per heavy atom. The van der Waals surface area contributed by atoms with Crippen molar-refractivity contribution >= 4 is 11.6 Å². The number of carbonyl (C=O) groups is 1. The van der Waals surface area contributed by atoms with Crippen LogP contribution >= 0.6 is 0 Å². The number of nitrogens with one attached hydrogen (secondary N) is 3. The number of amides is 1. The van der Waals surface area contributed by atoms with Gasteiger partial charge in [-0.3, -0.25) is 4.79 Å². The first kappa shape index (κ1) is 22.6. The van der Waals surface area contributed by atoms with Gasteiger partial charge in [-0.2, -0.15) is 5.26 Å². The number of nitrogens with zero attached hydrogens (tertiary/aromatic N) is 2. The third-order valence-electron chi connectivity index (χ3n) is 7.68. The van der Waals surface area contributed by atoms with Crippen molar-refractivity contribution in [1.29, 1.82) is 5.26 Å². The zero-order chi connectivity index (χ0) is 23.2. The average Bonchev–Trinajstić information content (AvgIpc) is 3.31. The molecule has 0 bridgehead atoms. The molecule has 33 heavy (non-hydrogen) atoms. The second kappa shape index (κ2) is 8.55. The van der Waals surface area contributed by atoms with Gasteiger partial charge in [0, 0.05) is 24.3 Å². The number of nitriles is 1. The number of ether oxygens (including phenoxy) is 2. The van der Waals surface area contributed by atoms with E-state index in [1.54, 1.807) is 0 Å². The number of benzene rings is 1. The Kier molecular flexibility index (Phi) is 5.86. The lowest BCUT2D eigenvalue weighted by atomic mass is 9.83. The monoisotopic (exact) mass is 453 g/mol. The molecule has 0 aromatic heterocycles. The van der Waals surface area contributed by atoms with E-state index in [-0.39, 0.29) is 36.0 Å². The van der Waals surface area contributed by atoms with Crippen molar-refractivity contribution in [3.8, 4) is 6.07 Å². The van der Waals surface area contributed by atoms with E-state index in [2.05, 4.69) is 39.3 Å². The summed E-state index contributed by atoms with van der Waals surface area (Å²) in [6, 6.07) is 10.9. The predicted octanol–water partition coefficient (Wildman–Crippen LogP) is 2.83. The maximum Gasteiger partial charge on any atom is 0.228 e. The number of hydrazine groups is 1. The van der Waals surface area contributed by atoms with Gasteiger partial charge in [-0.05, 0) is 57.7 Å². The minimum atomic E-state index is -0.615. The number of piperidine rings is 1. The van der Waals surface area contributed by atoms with Gasteiger partial charge in [0.1, 0.15) is 11.8 Å². The summed E-state index contributed by atoms with van der Waals surface area (Å²) in [7, 11) is 0. The topological polar surface area (TPSA) is 98.6 Å². The van der Waals surface area contributed by atoms with Crippen LogP contribution in [0.5, 0.6) is 0 Å². The molecular formula is C25H35N5O3. The number of hydrogen-bond acceptors (Lipinski definition) is 7. The zero-order valence-corrected chi connectivity index (χ0v) is 19.8. The van der Waals surface area contributed by atoms with E-state index in [4.69, 9.17) is 9.47 Å². The van der Waals surface area contributed by atoms with Crippen molar-refractivity contribution in [3.63, 3.8) is 0 Å². The molecule has 0 spiro atoms. The van der Waals surface area contributed by atoms with E-state index in [1.165, 1.54) is 0 Å². The van der Waals surface area contributed by atoms with Crippen molar-refractivity contribution in [3.05, 3.63) is 29.8 Å². The van der Waals surface area contributed by atoms with Crippen molar-refractivity contribution < 1.29 is 14.3 Å². The van der Waals surface area contributed by atoms with Gasteiger partial charge in [-0.1, -0.05) is 25.0 Å². The molecule has 3 N–H and O–H groups in total. The smallest absolute Gasteiger partial charge is 0.228 e. The van der Waals surface area contributed by atoms with Crippen LogP contribution in [0.3, 0.4) is 0 Å². The van der Waals surface area contributed by atoms with Gasteiger partial charge in [0.15, 0.2) is 5.79 Å². The number of fused-ring (bicyclic) bond motifs is 1. The third-order valence-corrected chi connectivity index (χ3v) is 7.68. The number of carbonyl (C=O) groups excluding carboxylic acids is 1. The first-order valence-electron chi connectivity index (χ1n) is 12.2. The van der Waals surface area contributed by atoms with Crippen LogP contribution in [0.2, 0.25) is 0 Å². The van der Waals surface area contributed by atoms with E-state index >= 15 is 0 Å². The molecule has 8 heteroatoms. The standard InChI is InChI=1S/C25H35N5O3/c1-24(2)32-15-25(3,33-24)17-8-6-9-18(13-17)28-22-21-20(11-12-27-23(21)31)30(29-22)19-10-5-4-7-16(19)14-26/h6,8-9,13,16,19-22,28-29H,4-5,7,10-12,15H2,1-3H3,(H,27,31)/t16-,19+,20?,21?,22?,25?/m1/s1. The number of hydrogen-bond donors (Lipinski definition) is 3. The van der Waals surface area contributed by atoms with Crippen LogP contribution in [0.25, 0.3) is 0 Å². The zero-order valence-electron chi connectivity index (χ0n) is 19.8. The van der Waals surface area contributed by atoms with E-state index in [9.17, 15) is 10.1 Å². The number of anilines is 1. The van der Waals surface area contributed by atoms with Crippen molar-refractivity contribution in [2.45, 2.75) is 82.5 Å². The maximum absolute atomic E-state index is 12.9. The fraction of sp³-hybridized carbons (Fsp3) is 0.680. The molecule has 1 aromatic carbocycles. The molecule has 4 fully saturated rings. The fourth-order valence-electron chi connectivity index (χ4n) is 6.07. The number of rotatable bonds is 4. The van der Waals surface area contributed by atoms with Gasteiger partial charge >= 0.3 is 0 Å². The Balaban J connectivity index is 1.38. The highest BCUT2D eigenvalue weighted by molar-refractivity contribution is 5.82. The molecule has 4 unspecified atom stereocenters. The third kappa shape index (κ3) is 4.24. The molecule has 8 nitrogen and oxygen atoms in total. The van der Waals surface area contributed by atoms with Gasteiger partial charge in [-0.25, -0.2) is 10.4 Å². The molecule has 4 aliphatic rings. The Hall–Kier alpha value is -2.18. The van der Waals surface area contributed by atoms with Gasteiger partial charge < -0.3 is 20.1 Å². The summed E-state index contributed by atoms with van der Waals surface area (Å²) < 4.78 is 12.0. The van der Waals surface area contributed by atoms with E-state index in [1.807, 2.05) is 32.9 Å². The second-order valence-electron chi connectivity index (χ2n) is 10.5. The van der Waals surface area contributed by atoms with Gasteiger partial charge in [0.25, 0.3) is 0 Å².